The molecule has 2 aromatic rings. The van der Waals surface area contributed by atoms with Crippen LogP contribution in [0.25, 0.3) is 0 Å². The number of H-pyrrole nitrogens is 1. The summed E-state index contributed by atoms with van der Waals surface area (Å²) in [6.07, 6.45) is 3.45. The van der Waals surface area contributed by atoms with E-state index in [9.17, 15) is 9.59 Å². The molecule has 1 fully saturated rings. The number of likely N-dealkylation sites (tertiary alicyclic amines) is 1. The molecule has 0 aromatic carbocycles. The van der Waals surface area contributed by atoms with Crippen LogP contribution in [0.4, 0.5) is 0 Å². The summed E-state index contributed by atoms with van der Waals surface area (Å²) in [4.78, 5) is 31.9. The molecule has 0 saturated carbocycles. The fourth-order valence-electron chi connectivity index (χ4n) is 2.61. The molecular formula is C14H15N3O2S. The second kappa shape index (κ2) is 5.58. The van der Waals surface area contributed by atoms with Crippen LogP contribution in [-0.2, 0) is 0 Å². The molecule has 0 spiro atoms. The van der Waals surface area contributed by atoms with Crippen LogP contribution in [-0.4, -0.2) is 33.9 Å². The van der Waals surface area contributed by atoms with Crippen molar-refractivity contribution in [1.82, 2.24) is 14.9 Å². The molecule has 1 aliphatic rings. The highest BCUT2D eigenvalue weighted by Gasteiger charge is 2.26. The summed E-state index contributed by atoms with van der Waals surface area (Å²) >= 11 is 1.53. The minimum absolute atomic E-state index is 0.0763. The Labute approximate surface area is 120 Å². The lowest BCUT2D eigenvalue weighted by Gasteiger charge is -2.32. The van der Waals surface area contributed by atoms with Crippen LogP contribution in [0.5, 0.6) is 0 Å². The molecule has 1 N–H and O–H groups in total. The maximum atomic E-state index is 12.4. The second-order valence-corrected chi connectivity index (χ2v) is 5.71. The Morgan fingerprint density at radius 1 is 1.45 bits per heavy atom. The zero-order valence-electron chi connectivity index (χ0n) is 10.9. The van der Waals surface area contributed by atoms with E-state index in [1.807, 2.05) is 27.8 Å². The fraction of sp³-hybridized carbons (Fsp3) is 0.357. The van der Waals surface area contributed by atoms with Crippen LogP contribution in [0.1, 0.15) is 34.8 Å². The number of nitrogens with zero attached hydrogens (tertiary/aromatic N) is 2. The lowest BCUT2D eigenvalue weighted by Crippen LogP contribution is -2.39. The highest BCUT2D eigenvalue weighted by molar-refractivity contribution is 7.08. The summed E-state index contributed by atoms with van der Waals surface area (Å²) in [6.45, 7) is 1.43. The van der Waals surface area contributed by atoms with Gasteiger partial charge in [0.15, 0.2) is 0 Å². The average molecular weight is 289 g/mol. The van der Waals surface area contributed by atoms with Crippen LogP contribution >= 0.6 is 11.3 Å². The number of carbonyl (C=O) groups is 1. The molecule has 104 valence electrons. The first-order chi connectivity index (χ1) is 9.74. The number of hydrogen-bond donors (Lipinski definition) is 1. The smallest absolute Gasteiger partial charge is 0.338 e. The third kappa shape index (κ3) is 2.65. The molecule has 1 aliphatic heterocycles. The van der Waals surface area contributed by atoms with Crippen LogP contribution in [0.3, 0.4) is 0 Å². The predicted octanol–water partition coefficient (Wildman–Crippen LogP) is 1.85. The summed E-state index contributed by atoms with van der Waals surface area (Å²) in [5.74, 6) is 0.259. The predicted molar refractivity (Wildman–Crippen MR) is 77.1 cm³/mol. The molecule has 5 nitrogen and oxygen atoms in total. The number of amides is 1. The second-order valence-electron chi connectivity index (χ2n) is 4.93. The van der Waals surface area contributed by atoms with Crippen LogP contribution in [0.2, 0.25) is 0 Å². The summed E-state index contributed by atoms with van der Waals surface area (Å²) < 4.78 is 0. The number of nitrogens with one attached hydrogen (secondary N) is 1. The minimum atomic E-state index is -0.330. The lowest BCUT2D eigenvalue weighted by molar-refractivity contribution is 0.0706. The number of aromatic amines is 1. The van der Waals surface area contributed by atoms with Crippen molar-refractivity contribution in [3.63, 3.8) is 0 Å². The number of carbonyl (C=O) groups excluding carboxylic acids is 1. The molecule has 1 saturated heterocycles. The maximum Gasteiger partial charge on any atom is 0.345 e. The molecular weight excluding hydrogens is 274 g/mol. The monoisotopic (exact) mass is 289 g/mol. The highest BCUT2D eigenvalue weighted by Crippen LogP contribution is 2.26. The first kappa shape index (κ1) is 13.1. The number of hydrogen-bond acceptors (Lipinski definition) is 4. The first-order valence-corrected chi connectivity index (χ1v) is 7.55. The molecule has 6 heteroatoms. The van der Waals surface area contributed by atoms with Gasteiger partial charge < -0.3 is 9.88 Å². The van der Waals surface area contributed by atoms with Crippen molar-refractivity contribution in [2.45, 2.75) is 18.8 Å². The summed E-state index contributed by atoms with van der Waals surface area (Å²) in [7, 11) is 0. The topological polar surface area (TPSA) is 66.1 Å². The molecule has 20 heavy (non-hydrogen) atoms. The SMILES string of the molecule is O=C(c1ccsc1)N1CCC[C@@H](c2ccnc(=O)[nH]2)C1. The maximum absolute atomic E-state index is 12.4. The van der Waals surface area contributed by atoms with E-state index < -0.39 is 0 Å². The molecule has 0 radical (unpaired) electrons. The number of rotatable bonds is 2. The quantitative estimate of drug-likeness (QED) is 0.917. The number of thiophene rings is 1. The summed E-state index contributed by atoms with van der Waals surface area (Å²) in [6, 6.07) is 3.68. The van der Waals surface area contributed by atoms with Gasteiger partial charge in [0.05, 0.1) is 5.56 Å². The molecule has 3 rings (SSSR count). The number of piperidine rings is 1. The Bertz CT molecular complexity index is 650. The van der Waals surface area contributed by atoms with E-state index in [0.717, 1.165) is 30.6 Å². The van der Waals surface area contributed by atoms with E-state index in [4.69, 9.17) is 0 Å². The van der Waals surface area contributed by atoms with Gasteiger partial charge in [0.2, 0.25) is 0 Å². The van der Waals surface area contributed by atoms with E-state index in [0.29, 0.717) is 6.54 Å². The Morgan fingerprint density at radius 3 is 3.10 bits per heavy atom. The van der Waals surface area contributed by atoms with Crippen molar-refractivity contribution in [2.24, 2.45) is 0 Å². The van der Waals surface area contributed by atoms with Crippen molar-refractivity contribution in [1.29, 1.82) is 0 Å². The van der Waals surface area contributed by atoms with Crippen LogP contribution in [0, 0.1) is 0 Å². The third-order valence-electron chi connectivity index (χ3n) is 3.61. The molecule has 0 unspecified atom stereocenters. The lowest BCUT2D eigenvalue weighted by atomic mass is 9.94. The Morgan fingerprint density at radius 2 is 2.35 bits per heavy atom. The van der Waals surface area contributed by atoms with E-state index >= 15 is 0 Å². The normalized spacial score (nSPS) is 19.0. The Balaban J connectivity index is 1.77. The first-order valence-electron chi connectivity index (χ1n) is 6.61. The van der Waals surface area contributed by atoms with Gasteiger partial charge in [-0.3, -0.25) is 4.79 Å². The molecule has 1 amide bonds. The van der Waals surface area contributed by atoms with Crippen molar-refractivity contribution < 1.29 is 4.79 Å². The van der Waals surface area contributed by atoms with Gasteiger partial charge in [0.25, 0.3) is 5.91 Å². The van der Waals surface area contributed by atoms with E-state index in [1.54, 1.807) is 0 Å². The molecule has 0 aliphatic carbocycles. The van der Waals surface area contributed by atoms with E-state index in [2.05, 4.69) is 9.97 Å². The van der Waals surface area contributed by atoms with Crippen LogP contribution < -0.4 is 5.69 Å². The minimum Gasteiger partial charge on any atom is -0.338 e. The van der Waals surface area contributed by atoms with Gasteiger partial charge in [-0.05, 0) is 30.4 Å². The molecule has 0 bridgehead atoms. The molecule has 2 aromatic heterocycles. The van der Waals surface area contributed by atoms with Crippen molar-refractivity contribution in [3.8, 4) is 0 Å². The van der Waals surface area contributed by atoms with E-state index in [1.165, 1.54) is 17.5 Å². The van der Waals surface area contributed by atoms with Gasteiger partial charge in [-0.1, -0.05) is 0 Å². The largest absolute Gasteiger partial charge is 0.345 e. The van der Waals surface area contributed by atoms with Gasteiger partial charge in [0, 0.05) is 36.3 Å². The fourth-order valence-corrected chi connectivity index (χ4v) is 3.23. The van der Waals surface area contributed by atoms with Gasteiger partial charge >= 0.3 is 5.69 Å². The van der Waals surface area contributed by atoms with Gasteiger partial charge in [-0.2, -0.15) is 11.3 Å². The standard InChI is InChI=1S/C14H15N3O2S/c18-13(11-4-7-20-9-11)17-6-1-2-10(8-17)12-3-5-15-14(19)16-12/h3-5,7,9-10H,1-2,6,8H2,(H,15,16,19)/t10-/m1/s1. The molecule has 1 atom stereocenters. The van der Waals surface area contributed by atoms with Crippen molar-refractivity contribution >= 4 is 17.2 Å². The average Bonchev–Trinajstić information content (AvgIpc) is 3.01. The highest BCUT2D eigenvalue weighted by atomic mass is 32.1. The van der Waals surface area contributed by atoms with Gasteiger partial charge in [-0.15, -0.1) is 0 Å². The zero-order valence-corrected chi connectivity index (χ0v) is 11.7. The van der Waals surface area contributed by atoms with Gasteiger partial charge in [0.1, 0.15) is 0 Å². The van der Waals surface area contributed by atoms with E-state index in [-0.39, 0.29) is 17.5 Å². The zero-order chi connectivity index (χ0) is 13.9. The third-order valence-corrected chi connectivity index (χ3v) is 4.30. The van der Waals surface area contributed by atoms with Gasteiger partial charge in [-0.25, -0.2) is 9.78 Å². The molecule has 3 heterocycles. The van der Waals surface area contributed by atoms with Crippen molar-refractivity contribution in [2.75, 3.05) is 13.1 Å². The summed E-state index contributed by atoms with van der Waals surface area (Å²) in [5.41, 5.74) is 1.29. The van der Waals surface area contributed by atoms with Crippen LogP contribution in [0.15, 0.2) is 33.9 Å². The Hall–Kier alpha value is -1.95. The van der Waals surface area contributed by atoms with Crippen molar-refractivity contribution in [3.05, 3.63) is 50.8 Å². The summed E-state index contributed by atoms with van der Waals surface area (Å²) in [5, 5.41) is 3.79. The number of aromatic nitrogens is 2. The Kier molecular flexibility index (Phi) is 3.64.